The average molecular weight is 295 g/mol. The second kappa shape index (κ2) is 8.44. The molecular formula is C15H19ClN2O2. The summed E-state index contributed by atoms with van der Waals surface area (Å²) in [6.07, 6.45) is 1.02. The Morgan fingerprint density at radius 1 is 1.50 bits per heavy atom. The molecule has 0 fully saturated rings. The second-order valence-electron chi connectivity index (χ2n) is 4.69. The summed E-state index contributed by atoms with van der Waals surface area (Å²) in [7, 11) is 1.71. The normalized spacial score (nSPS) is 11.5. The molecule has 0 aliphatic carbocycles. The van der Waals surface area contributed by atoms with E-state index in [9.17, 15) is 4.79 Å². The van der Waals surface area contributed by atoms with E-state index in [-0.39, 0.29) is 11.8 Å². The van der Waals surface area contributed by atoms with Crippen LogP contribution in [0.3, 0.4) is 0 Å². The number of benzene rings is 1. The summed E-state index contributed by atoms with van der Waals surface area (Å²) in [4.78, 5) is 13.4. The Kier molecular flexibility index (Phi) is 6.89. The fraction of sp³-hybridized carbons (Fsp3) is 0.467. The Morgan fingerprint density at radius 2 is 2.20 bits per heavy atom. The molecule has 1 atom stereocenters. The van der Waals surface area contributed by atoms with E-state index in [1.807, 2.05) is 12.1 Å². The second-order valence-corrected chi connectivity index (χ2v) is 5.09. The van der Waals surface area contributed by atoms with E-state index >= 15 is 0 Å². The van der Waals surface area contributed by atoms with Crippen molar-refractivity contribution < 1.29 is 9.53 Å². The lowest BCUT2D eigenvalue weighted by molar-refractivity contribution is -0.130. The van der Waals surface area contributed by atoms with Crippen molar-refractivity contribution in [3.05, 3.63) is 29.3 Å². The van der Waals surface area contributed by atoms with Crippen molar-refractivity contribution in [3.63, 3.8) is 0 Å². The maximum Gasteiger partial charge on any atom is 0.222 e. The Hall–Kier alpha value is -1.73. The lowest BCUT2D eigenvalue weighted by atomic mass is 10.2. The molecule has 20 heavy (non-hydrogen) atoms. The molecule has 0 N–H and O–H groups in total. The first-order valence-electron chi connectivity index (χ1n) is 6.55. The van der Waals surface area contributed by atoms with Crippen LogP contribution in [0.4, 0.5) is 0 Å². The van der Waals surface area contributed by atoms with E-state index in [0.717, 1.165) is 0 Å². The maximum absolute atomic E-state index is 11.8. The molecule has 0 unspecified atom stereocenters. The summed E-state index contributed by atoms with van der Waals surface area (Å²) in [6, 6.07) is 9.36. The van der Waals surface area contributed by atoms with Gasteiger partial charge >= 0.3 is 0 Å². The lowest BCUT2D eigenvalue weighted by Crippen LogP contribution is -2.30. The third-order valence-electron chi connectivity index (χ3n) is 2.82. The molecule has 0 radical (unpaired) electrons. The molecule has 0 aromatic heterocycles. The number of ether oxygens (including phenoxy) is 1. The zero-order chi connectivity index (χ0) is 15.0. The quantitative estimate of drug-likeness (QED) is 0.726. The van der Waals surface area contributed by atoms with Crippen molar-refractivity contribution in [2.75, 3.05) is 20.2 Å². The Labute approximate surface area is 124 Å². The van der Waals surface area contributed by atoms with Crippen molar-refractivity contribution in [2.45, 2.75) is 19.8 Å². The average Bonchev–Trinajstić information content (AvgIpc) is 2.44. The minimum Gasteiger partial charge on any atom is -0.492 e. The van der Waals surface area contributed by atoms with Crippen LogP contribution in [0.5, 0.6) is 5.75 Å². The van der Waals surface area contributed by atoms with Crippen molar-refractivity contribution in [1.82, 2.24) is 4.90 Å². The van der Waals surface area contributed by atoms with Crippen molar-refractivity contribution in [2.24, 2.45) is 5.92 Å². The highest BCUT2D eigenvalue weighted by molar-refractivity contribution is 6.32. The lowest BCUT2D eigenvalue weighted by Gasteiger charge is -2.18. The van der Waals surface area contributed by atoms with E-state index < -0.39 is 0 Å². The molecule has 108 valence electrons. The van der Waals surface area contributed by atoms with E-state index in [1.165, 1.54) is 0 Å². The highest BCUT2D eigenvalue weighted by Crippen LogP contribution is 2.23. The molecular weight excluding hydrogens is 276 g/mol. The van der Waals surface area contributed by atoms with Gasteiger partial charge in [-0.1, -0.05) is 23.7 Å². The van der Waals surface area contributed by atoms with Crippen LogP contribution < -0.4 is 4.74 Å². The predicted octanol–water partition coefficient (Wildman–Crippen LogP) is 3.12. The first kappa shape index (κ1) is 16.3. The number of hydrogen-bond acceptors (Lipinski definition) is 3. The van der Waals surface area contributed by atoms with Crippen LogP contribution in [0, 0.1) is 17.2 Å². The van der Waals surface area contributed by atoms with E-state index in [4.69, 9.17) is 21.6 Å². The minimum absolute atomic E-state index is 0.0230. The summed E-state index contributed by atoms with van der Waals surface area (Å²) in [5.41, 5.74) is 0. The maximum atomic E-state index is 11.8. The highest BCUT2D eigenvalue weighted by atomic mass is 35.5. The van der Waals surface area contributed by atoms with Crippen LogP contribution in [-0.2, 0) is 4.79 Å². The van der Waals surface area contributed by atoms with Crippen LogP contribution in [0.15, 0.2) is 24.3 Å². The number of nitriles is 1. The van der Waals surface area contributed by atoms with Gasteiger partial charge in [0.1, 0.15) is 5.75 Å². The summed E-state index contributed by atoms with van der Waals surface area (Å²) in [6.45, 7) is 2.70. The first-order chi connectivity index (χ1) is 9.54. The van der Waals surface area contributed by atoms with Crippen molar-refractivity contribution in [1.29, 1.82) is 5.26 Å². The predicted molar refractivity (Wildman–Crippen MR) is 78.6 cm³/mol. The number of para-hydroxylation sites is 1. The van der Waals surface area contributed by atoms with Gasteiger partial charge in [-0.05, 0) is 25.5 Å². The van der Waals surface area contributed by atoms with Gasteiger partial charge in [-0.2, -0.15) is 5.26 Å². The Morgan fingerprint density at radius 3 is 2.85 bits per heavy atom. The molecule has 1 amide bonds. The Balaban J connectivity index is 2.26. The molecule has 0 aliphatic rings. The molecule has 0 aliphatic heterocycles. The van der Waals surface area contributed by atoms with Crippen LogP contribution in [0.2, 0.25) is 5.02 Å². The van der Waals surface area contributed by atoms with Crippen LogP contribution in [0.25, 0.3) is 0 Å². The standard InChI is InChI=1S/C15H19ClN2O2/c1-12(10-17)11-18(2)15(19)8-5-9-20-14-7-4-3-6-13(14)16/h3-4,6-7,12H,5,8-9,11H2,1-2H3/t12-/m1/s1. The summed E-state index contributed by atoms with van der Waals surface area (Å²) in [5.74, 6) is 0.506. The van der Waals surface area contributed by atoms with E-state index in [0.29, 0.717) is 36.8 Å². The highest BCUT2D eigenvalue weighted by Gasteiger charge is 2.11. The number of carbonyl (C=O) groups excluding carboxylic acids is 1. The number of carbonyl (C=O) groups is 1. The van der Waals surface area contributed by atoms with E-state index in [2.05, 4.69) is 6.07 Å². The van der Waals surface area contributed by atoms with E-state index in [1.54, 1.807) is 31.0 Å². The monoisotopic (exact) mass is 294 g/mol. The van der Waals surface area contributed by atoms with Gasteiger partial charge in [0.2, 0.25) is 5.91 Å². The molecule has 5 heteroatoms. The number of nitrogens with zero attached hydrogens (tertiary/aromatic N) is 2. The summed E-state index contributed by atoms with van der Waals surface area (Å²) in [5, 5.41) is 9.28. The van der Waals surface area contributed by atoms with Gasteiger partial charge in [-0.25, -0.2) is 0 Å². The van der Waals surface area contributed by atoms with Gasteiger partial charge in [-0.3, -0.25) is 4.79 Å². The number of rotatable bonds is 7. The van der Waals surface area contributed by atoms with Crippen molar-refractivity contribution in [3.8, 4) is 11.8 Å². The summed E-state index contributed by atoms with van der Waals surface area (Å²) < 4.78 is 5.51. The first-order valence-corrected chi connectivity index (χ1v) is 6.93. The molecule has 1 aromatic rings. The molecule has 1 aromatic carbocycles. The van der Waals surface area contributed by atoms with Gasteiger partial charge in [-0.15, -0.1) is 0 Å². The zero-order valence-corrected chi connectivity index (χ0v) is 12.6. The van der Waals surface area contributed by atoms with Gasteiger partial charge in [0.15, 0.2) is 0 Å². The third-order valence-corrected chi connectivity index (χ3v) is 3.14. The molecule has 0 heterocycles. The topological polar surface area (TPSA) is 53.3 Å². The molecule has 4 nitrogen and oxygen atoms in total. The molecule has 1 rings (SSSR count). The number of hydrogen-bond donors (Lipinski definition) is 0. The zero-order valence-electron chi connectivity index (χ0n) is 11.8. The fourth-order valence-electron chi connectivity index (χ4n) is 1.71. The minimum atomic E-state index is -0.150. The third kappa shape index (κ3) is 5.50. The van der Waals surface area contributed by atoms with Gasteiger partial charge in [0, 0.05) is 20.0 Å². The Bertz CT molecular complexity index is 485. The SMILES string of the molecule is C[C@H](C#N)CN(C)C(=O)CCCOc1ccccc1Cl. The van der Waals surface area contributed by atoms with Gasteiger partial charge in [0.25, 0.3) is 0 Å². The van der Waals surface area contributed by atoms with Gasteiger partial charge < -0.3 is 9.64 Å². The molecule has 0 saturated carbocycles. The summed E-state index contributed by atoms with van der Waals surface area (Å²) >= 11 is 5.96. The number of halogens is 1. The smallest absolute Gasteiger partial charge is 0.222 e. The van der Waals surface area contributed by atoms with Gasteiger partial charge in [0.05, 0.1) is 23.6 Å². The number of amides is 1. The van der Waals surface area contributed by atoms with Crippen LogP contribution in [0.1, 0.15) is 19.8 Å². The largest absolute Gasteiger partial charge is 0.492 e. The fourth-order valence-corrected chi connectivity index (χ4v) is 1.90. The molecule has 0 saturated heterocycles. The van der Waals surface area contributed by atoms with Crippen LogP contribution in [-0.4, -0.2) is 31.0 Å². The van der Waals surface area contributed by atoms with Crippen LogP contribution >= 0.6 is 11.6 Å². The molecule has 0 bridgehead atoms. The van der Waals surface area contributed by atoms with Crippen molar-refractivity contribution >= 4 is 17.5 Å². The molecule has 0 spiro atoms.